The fraction of sp³-hybridized carbons (Fsp3) is 0.846. The molecule has 0 rings (SSSR count). The summed E-state index contributed by atoms with van der Waals surface area (Å²) < 4.78 is 0. The van der Waals surface area contributed by atoms with Crippen LogP contribution in [0.4, 0.5) is 0 Å². The van der Waals surface area contributed by atoms with Crippen molar-refractivity contribution in [2.24, 2.45) is 5.41 Å². The molecular weight excluding hydrogens is 200 g/mol. The first-order chi connectivity index (χ1) is 7.56. The predicted molar refractivity (Wildman–Crippen MR) is 65.8 cm³/mol. The van der Waals surface area contributed by atoms with E-state index in [4.69, 9.17) is 5.26 Å². The summed E-state index contributed by atoms with van der Waals surface area (Å²) in [4.78, 5) is 12.0. The standard InChI is InChI=1S/C13H24N2O/c1-5-8-9-11(4)15-12(16)13(6-2,7-3)10-14/h11H,5-9H2,1-4H3,(H,15,16). The number of carbonyl (C=O) groups excluding carboxylic acids is 1. The summed E-state index contributed by atoms with van der Waals surface area (Å²) in [7, 11) is 0. The number of nitrogens with one attached hydrogen (secondary N) is 1. The van der Waals surface area contributed by atoms with Crippen molar-refractivity contribution in [3.63, 3.8) is 0 Å². The second-order valence-corrected chi connectivity index (χ2v) is 4.42. The Balaban J connectivity index is 4.38. The van der Waals surface area contributed by atoms with Gasteiger partial charge in [-0.2, -0.15) is 5.26 Å². The third kappa shape index (κ3) is 3.84. The zero-order chi connectivity index (χ0) is 12.6. The molecular formula is C13H24N2O. The molecule has 0 aliphatic rings. The van der Waals surface area contributed by atoms with E-state index >= 15 is 0 Å². The van der Waals surface area contributed by atoms with Crippen LogP contribution in [-0.4, -0.2) is 11.9 Å². The van der Waals surface area contributed by atoms with Gasteiger partial charge in [-0.25, -0.2) is 0 Å². The van der Waals surface area contributed by atoms with Crippen molar-refractivity contribution in [3.05, 3.63) is 0 Å². The van der Waals surface area contributed by atoms with Crippen LogP contribution in [0.1, 0.15) is 59.8 Å². The summed E-state index contributed by atoms with van der Waals surface area (Å²) >= 11 is 0. The number of hydrogen-bond acceptors (Lipinski definition) is 2. The maximum Gasteiger partial charge on any atom is 0.240 e. The van der Waals surface area contributed by atoms with Crippen molar-refractivity contribution >= 4 is 5.91 Å². The second-order valence-electron chi connectivity index (χ2n) is 4.42. The van der Waals surface area contributed by atoms with Gasteiger partial charge < -0.3 is 5.32 Å². The number of carbonyl (C=O) groups is 1. The second kappa shape index (κ2) is 7.27. The summed E-state index contributed by atoms with van der Waals surface area (Å²) in [6, 6.07) is 2.33. The van der Waals surface area contributed by atoms with Gasteiger partial charge in [-0.3, -0.25) is 4.79 Å². The summed E-state index contributed by atoms with van der Waals surface area (Å²) in [5, 5.41) is 12.1. The van der Waals surface area contributed by atoms with E-state index in [1.54, 1.807) is 0 Å². The molecule has 0 aliphatic carbocycles. The Morgan fingerprint density at radius 3 is 2.31 bits per heavy atom. The van der Waals surface area contributed by atoms with Crippen molar-refractivity contribution < 1.29 is 4.79 Å². The maximum absolute atomic E-state index is 12.0. The van der Waals surface area contributed by atoms with E-state index in [1.807, 2.05) is 20.8 Å². The molecule has 16 heavy (non-hydrogen) atoms. The average Bonchev–Trinajstić information content (AvgIpc) is 2.29. The highest BCUT2D eigenvalue weighted by atomic mass is 16.2. The number of nitrogens with zero attached hydrogens (tertiary/aromatic N) is 1. The van der Waals surface area contributed by atoms with Crippen LogP contribution in [0.5, 0.6) is 0 Å². The number of nitriles is 1. The lowest BCUT2D eigenvalue weighted by molar-refractivity contribution is -0.129. The number of unbranched alkanes of at least 4 members (excludes halogenated alkanes) is 1. The van der Waals surface area contributed by atoms with Crippen molar-refractivity contribution in [2.45, 2.75) is 65.8 Å². The molecule has 0 aromatic heterocycles. The van der Waals surface area contributed by atoms with Crippen LogP contribution in [0.15, 0.2) is 0 Å². The maximum atomic E-state index is 12.0. The number of rotatable bonds is 7. The molecule has 1 N–H and O–H groups in total. The third-order valence-corrected chi connectivity index (χ3v) is 3.22. The van der Waals surface area contributed by atoms with Crippen LogP contribution < -0.4 is 5.32 Å². The van der Waals surface area contributed by atoms with Crippen LogP contribution in [0.3, 0.4) is 0 Å². The number of amides is 1. The first-order valence-corrected chi connectivity index (χ1v) is 6.28. The van der Waals surface area contributed by atoms with E-state index in [0.29, 0.717) is 12.8 Å². The largest absolute Gasteiger partial charge is 0.352 e. The Labute approximate surface area is 99.2 Å². The highest BCUT2D eigenvalue weighted by Gasteiger charge is 2.35. The molecule has 0 aromatic carbocycles. The molecule has 0 fully saturated rings. The Kier molecular flexibility index (Phi) is 6.80. The average molecular weight is 224 g/mol. The molecule has 1 unspecified atom stereocenters. The Hall–Kier alpha value is -1.04. The summed E-state index contributed by atoms with van der Waals surface area (Å²) in [5.74, 6) is -0.108. The van der Waals surface area contributed by atoms with Crippen molar-refractivity contribution in [1.82, 2.24) is 5.32 Å². The topological polar surface area (TPSA) is 52.9 Å². The van der Waals surface area contributed by atoms with Crippen molar-refractivity contribution in [1.29, 1.82) is 5.26 Å². The SMILES string of the molecule is CCCCC(C)NC(=O)C(C#N)(CC)CC. The van der Waals surface area contributed by atoms with Crippen LogP contribution in [0.2, 0.25) is 0 Å². The fourth-order valence-electron chi connectivity index (χ4n) is 1.72. The fourth-order valence-corrected chi connectivity index (χ4v) is 1.72. The molecule has 3 heteroatoms. The Bertz CT molecular complexity index is 251. The molecule has 0 bridgehead atoms. The van der Waals surface area contributed by atoms with E-state index in [-0.39, 0.29) is 11.9 Å². The lowest BCUT2D eigenvalue weighted by Gasteiger charge is -2.24. The quantitative estimate of drug-likeness (QED) is 0.722. The van der Waals surface area contributed by atoms with Gasteiger partial charge in [0.2, 0.25) is 5.91 Å². The minimum atomic E-state index is -0.833. The summed E-state index contributed by atoms with van der Waals surface area (Å²) in [5.41, 5.74) is -0.833. The van der Waals surface area contributed by atoms with Crippen LogP contribution >= 0.6 is 0 Å². The molecule has 0 heterocycles. The Morgan fingerprint density at radius 1 is 1.38 bits per heavy atom. The minimum Gasteiger partial charge on any atom is -0.352 e. The van der Waals surface area contributed by atoms with Gasteiger partial charge in [0.1, 0.15) is 5.41 Å². The normalized spacial score (nSPS) is 12.9. The zero-order valence-corrected chi connectivity index (χ0v) is 11.0. The highest BCUT2D eigenvalue weighted by molar-refractivity contribution is 5.85. The zero-order valence-electron chi connectivity index (χ0n) is 11.0. The first kappa shape index (κ1) is 15.0. The van der Waals surface area contributed by atoms with Gasteiger partial charge in [0, 0.05) is 6.04 Å². The molecule has 0 aromatic rings. The van der Waals surface area contributed by atoms with E-state index < -0.39 is 5.41 Å². The monoisotopic (exact) mass is 224 g/mol. The van der Waals surface area contributed by atoms with E-state index in [9.17, 15) is 4.79 Å². The van der Waals surface area contributed by atoms with E-state index in [2.05, 4.69) is 18.3 Å². The van der Waals surface area contributed by atoms with Crippen LogP contribution in [0.25, 0.3) is 0 Å². The Morgan fingerprint density at radius 2 is 1.94 bits per heavy atom. The lowest BCUT2D eigenvalue weighted by Crippen LogP contribution is -2.43. The minimum absolute atomic E-state index is 0.108. The molecule has 0 saturated heterocycles. The highest BCUT2D eigenvalue weighted by Crippen LogP contribution is 2.25. The summed E-state index contributed by atoms with van der Waals surface area (Å²) in [6.07, 6.45) is 4.38. The molecule has 3 nitrogen and oxygen atoms in total. The van der Waals surface area contributed by atoms with Gasteiger partial charge in [-0.1, -0.05) is 33.6 Å². The van der Waals surface area contributed by atoms with Gasteiger partial charge in [-0.15, -0.1) is 0 Å². The first-order valence-electron chi connectivity index (χ1n) is 6.28. The predicted octanol–water partition coefficient (Wildman–Crippen LogP) is 3.01. The van der Waals surface area contributed by atoms with Gasteiger partial charge in [0.05, 0.1) is 6.07 Å². The molecule has 0 saturated carbocycles. The molecule has 92 valence electrons. The van der Waals surface area contributed by atoms with Gasteiger partial charge in [0.25, 0.3) is 0 Å². The molecule has 0 radical (unpaired) electrons. The van der Waals surface area contributed by atoms with E-state index in [0.717, 1.165) is 19.3 Å². The van der Waals surface area contributed by atoms with Crippen LogP contribution in [-0.2, 0) is 4.79 Å². The van der Waals surface area contributed by atoms with Crippen molar-refractivity contribution in [2.75, 3.05) is 0 Å². The molecule has 1 atom stereocenters. The number of hydrogen-bond donors (Lipinski definition) is 1. The van der Waals surface area contributed by atoms with Gasteiger partial charge >= 0.3 is 0 Å². The smallest absolute Gasteiger partial charge is 0.240 e. The molecule has 1 amide bonds. The van der Waals surface area contributed by atoms with Crippen molar-refractivity contribution in [3.8, 4) is 6.07 Å². The van der Waals surface area contributed by atoms with E-state index in [1.165, 1.54) is 0 Å². The van der Waals surface area contributed by atoms with Crippen LogP contribution in [0, 0.1) is 16.7 Å². The molecule has 0 spiro atoms. The van der Waals surface area contributed by atoms with Gasteiger partial charge in [-0.05, 0) is 26.2 Å². The third-order valence-electron chi connectivity index (χ3n) is 3.22. The molecule has 0 aliphatic heterocycles. The summed E-state index contributed by atoms with van der Waals surface area (Å²) in [6.45, 7) is 7.92. The van der Waals surface area contributed by atoms with Gasteiger partial charge in [0.15, 0.2) is 0 Å². The lowest BCUT2D eigenvalue weighted by atomic mass is 9.83.